The first-order valence-electron chi connectivity index (χ1n) is 11.5. The van der Waals surface area contributed by atoms with Gasteiger partial charge in [0.2, 0.25) is 0 Å². The van der Waals surface area contributed by atoms with E-state index in [0.717, 1.165) is 17.5 Å². The number of anilines is 2. The van der Waals surface area contributed by atoms with Crippen molar-refractivity contribution in [3.63, 3.8) is 0 Å². The lowest BCUT2D eigenvalue weighted by molar-refractivity contribution is 0.0761. The smallest absolute Gasteiger partial charge is 0.171 e. The summed E-state index contributed by atoms with van der Waals surface area (Å²) >= 11 is 0. The molecule has 0 bridgehead atoms. The van der Waals surface area contributed by atoms with Crippen LogP contribution in [-0.2, 0) is 11.3 Å². The van der Waals surface area contributed by atoms with Crippen LogP contribution in [0.5, 0.6) is 0 Å². The highest BCUT2D eigenvalue weighted by Crippen LogP contribution is 2.33. The summed E-state index contributed by atoms with van der Waals surface area (Å²) in [5.41, 5.74) is 7.15. The molecule has 0 amide bonds. The number of aliphatic hydroxyl groups excluding tert-OH is 1. The molecule has 11 heteroatoms. The molecular weight excluding hydrogens is 487 g/mol. The molecule has 4 aromatic rings. The fourth-order valence-corrected chi connectivity index (χ4v) is 4.08. The maximum absolute atomic E-state index is 14.8. The lowest BCUT2D eigenvalue weighted by Gasteiger charge is -2.18. The second-order valence-electron chi connectivity index (χ2n) is 8.35. The summed E-state index contributed by atoms with van der Waals surface area (Å²) < 4.78 is 49.3. The van der Waals surface area contributed by atoms with Gasteiger partial charge in [0, 0.05) is 35.2 Å². The normalized spacial score (nSPS) is 12.6. The van der Waals surface area contributed by atoms with Gasteiger partial charge in [0.15, 0.2) is 11.6 Å². The number of fused-ring (bicyclic) bond motifs is 2. The molecule has 5 rings (SSSR count). The second kappa shape index (κ2) is 10.5. The van der Waals surface area contributed by atoms with Crippen LogP contribution in [0, 0.1) is 17.5 Å². The van der Waals surface area contributed by atoms with E-state index in [4.69, 9.17) is 9.84 Å². The molecule has 3 heterocycles. The van der Waals surface area contributed by atoms with Gasteiger partial charge in [-0.3, -0.25) is 14.8 Å². The highest BCUT2D eigenvalue weighted by molar-refractivity contribution is 5.97. The number of aliphatic hydroxyl groups is 1. The number of ether oxygens (including phenoxy) is 1. The Labute approximate surface area is 209 Å². The summed E-state index contributed by atoms with van der Waals surface area (Å²) in [6.45, 7) is -0.124. The number of hydrogen-bond acceptors (Lipinski definition) is 8. The fourth-order valence-electron chi connectivity index (χ4n) is 4.08. The van der Waals surface area contributed by atoms with Gasteiger partial charge in [-0.05, 0) is 36.4 Å². The SMILES string of the molecule is O=C(CCOCCO)c1c(F)cc(-c2ccc3c(n2)N(Cc2cc4cccnc4cc2F)NN3)cc1F. The summed E-state index contributed by atoms with van der Waals surface area (Å²) in [4.78, 5) is 21.0. The van der Waals surface area contributed by atoms with E-state index < -0.39 is 28.8 Å². The number of hydrogen-bond donors (Lipinski definition) is 3. The number of nitrogens with one attached hydrogen (secondary N) is 2. The predicted molar refractivity (Wildman–Crippen MR) is 131 cm³/mol. The van der Waals surface area contributed by atoms with Crippen LogP contribution in [0.1, 0.15) is 22.3 Å². The van der Waals surface area contributed by atoms with Gasteiger partial charge in [0.1, 0.15) is 17.5 Å². The van der Waals surface area contributed by atoms with Crippen molar-refractivity contribution in [2.75, 3.05) is 30.3 Å². The lowest BCUT2D eigenvalue weighted by Crippen LogP contribution is -2.36. The lowest BCUT2D eigenvalue weighted by atomic mass is 10.0. The maximum atomic E-state index is 14.8. The molecule has 8 nitrogen and oxygen atoms in total. The third kappa shape index (κ3) is 5.10. The van der Waals surface area contributed by atoms with Crippen molar-refractivity contribution < 1.29 is 27.8 Å². The largest absolute Gasteiger partial charge is 0.394 e. The number of Topliss-reactive ketones (excluding diaryl/α,β-unsaturated/α-hetero) is 1. The number of aromatic nitrogens is 2. The van der Waals surface area contributed by atoms with Crippen LogP contribution in [0.3, 0.4) is 0 Å². The zero-order valence-corrected chi connectivity index (χ0v) is 19.5. The number of carbonyl (C=O) groups excluding carboxylic acids is 1. The van der Waals surface area contributed by atoms with Crippen molar-refractivity contribution in [1.82, 2.24) is 15.5 Å². The van der Waals surface area contributed by atoms with Gasteiger partial charge in [-0.1, -0.05) is 6.07 Å². The molecule has 2 aromatic heterocycles. The van der Waals surface area contributed by atoms with Crippen molar-refractivity contribution in [3.05, 3.63) is 83.3 Å². The number of carbonyl (C=O) groups is 1. The molecule has 0 unspecified atom stereocenters. The summed E-state index contributed by atoms with van der Waals surface area (Å²) in [5, 5.41) is 11.1. The summed E-state index contributed by atoms with van der Waals surface area (Å²) in [5.74, 6) is -2.78. The highest BCUT2D eigenvalue weighted by atomic mass is 19.1. The Bertz CT molecular complexity index is 1460. The molecule has 1 aliphatic heterocycles. The van der Waals surface area contributed by atoms with Crippen LogP contribution in [0.2, 0.25) is 0 Å². The first-order valence-corrected chi connectivity index (χ1v) is 11.5. The number of nitrogens with zero attached hydrogens (tertiary/aromatic N) is 3. The fraction of sp³-hybridized carbons (Fsp3) is 0.192. The van der Waals surface area contributed by atoms with Crippen LogP contribution in [0.25, 0.3) is 22.2 Å². The average Bonchev–Trinajstić information content (AvgIpc) is 3.28. The number of pyridine rings is 2. The van der Waals surface area contributed by atoms with Gasteiger partial charge in [0.25, 0.3) is 0 Å². The van der Waals surface area contributed by atoms with Crippen LogP contribution < -0.4 is 16.0 Å². The number of hydrazine groups is 2. The first kappa shape index (κ1) is 24.6. The minimum Gasteiger partial charge on any atom is -0.394 e. The van der Waals surface area contributed by atoms with Gasteiger partial charge >= 0.3 is 0 Å². The van der Waals surface area contributed by atoms with Crippen LogP contribution in [-0.4, -0.2) is 40.7 Å². The second-order valence-corrected chi connectivity index (χ2v) is 8.35. The molecule has 3 N–H and O–H groups in total. The van der Waals surface area contributed by atoms with E-state index in [1.807, 2.05) is 6.07 Å². The third-order valence-electron chi connectivity index (χ3n) is 5.88. The number of benzene rings is 2. The molecule has 0 saturated carbocycles. The zero-order valence-electron chi connectivity index (χ0n) is 19.5. The molecular formula is C26H22F3N5O3. The van der Waals surface area contributed by atoms with Crippen LogP contribution in [0.4, 0.5) is 24.7 Å². The first-order chi connectivity index (χ1) is 17.9. The molecule has 37 heavy (non-hydrogen) atoms. The number of rotatable bonds is 9. The minimum absolute atomic E-state index is 0.0344. The molecule has 0 radical (unpaired) electrons. The molecule has 190 valence electrons. The van der Waals surface area contributed by atoms with Crippen molar-refractivity contribution in [3.8, 4) is 11.3 Å². The van der Waals surface area contributed by atoms with E-state index in [2.05, 4.69) is 20.9 Å². The van der Waals surface area contributed by atoms with Crippen molar-refractivity contribution in [2.24, 2.45) is 0 Å². The molecule has 0 spiro atoms. The average molecular weight is 509 g/mol. The molecule has 2 aromatic carbocycles. The molecule has 0 aliphatic carbocycles. The Morgan fingerprint density at radius 2 is 1.84 bits per heavy atom. The van der Waals surface area contributed by atoms with Gasteiger partial charge in [-0.15, -0.1) is 5.53 Å². The van der Waals surface area contributed by atoms with E-state index >= 15 is 0 Å². The van der Waals surface area contributed by atoms with E-state index in [1.54, 1.807) is 35.5 Å². The standard InChI is InChI=1S/C26H22F3N5O3/c27-18-13-23-15(2-1-6-30-23)10-17(18)14-34-26-22(32-33-34)4-3-21(31-26)16-11-19(28)25(20(29)12-16)24(36)5-8-37-9-7-35/h1-4,6,10-13,32-33,35H,5,7-9,14H2. The third-order valence-corrected chi connectivity index (χ3v) is 5.88. The van der Waals surface area contributed by atoms with E-state index in [9.17, 15) is 18.0 Å². The Hall–Kier alpha value is -4.06. The topological polar surface area (TPSA) is 99.6 Å². The Morgan fingerprint density at radius 1 is 1.03 bits per heavy atom. The van der Waals surface area contributed by atoms with E-state index in [0.29, 0.717) is 22.6 Å². The maximum Gasteiger partial charge on any atom is 0.171 e. The Balaban J connectivity index is 1.39. The Morgan fingerprint density at radius 3 is 2.62 bits per heavy atom. The van der Waals surface area contributed by atoms with Gasteiger partial charge in [-0.2, -0.15) is 0 Å². The van der Waals surface area contributed by atoms with Gasteiger partial charge in [0.05, 0.1) is 48.8 Å². The van der Waals surface area contributed by atoms with Gasteiger partial charge < -0.3 is 15.3 Å². The summed E-state index contributed by atoms with van der Waals surface area (Å²) in [6.07, 6.45) is 1.37. The summed E-state index contributed by atoms with van der Waals surface area (Å²) in [6, 6.07) is 12.0. The van der Waals surface area contributed by atoms with Crippen LogP contribution >= 0.6 is 0 Å². The minimum atomic E-state index is -1.01. The molecule has 0 fully saturated rings. The predicted octanol–water partition coefficient (Wildman–Crippen LogP) is 4.15. The van der Waals surface area contributed by atoms with E-state index in [-0.39, 0.29) is 44.0 Å². The Kier molecular flexibility index (Phi) is 6.99. The molecule has 1 aliphatic rings. The monoisotopic (exact) mass is 509 g/mol. The van der Waals surface area contributed by atoms with Crippen molar-refractivity contribution in [1.29, 1.82) is 0 Å². The molecule has 0 atom stereocenters. The van der Waals surface area contributed by atoms with Crippen LogP contribution in [0.15, 0.2) is 54.7 Å². The van der Waals surface area contributed by atoms with Crippen molar-refractivity contribution in [2.45, 2.75) is 13.0 Å². The summed E-state index contributed by atoms with van der Waals surface area (Å²) in [7, 11) is 0. The van der Waals surface area contributed by atoms with E-state index in [1.165, 1.54) is 6.07 Å². The zero-order chi connectivity index (χ0) is 25.9. The van der Waals surface area contributed by atoms with Gasteiger partial charge in [-0.25, -0.2) is 18.2 Å². The highest BCUT2D eigenvalue weighted by Gasteiger charge is 2.24. The van der Waals surface area contributed by atoms with Crippen molar-refractivity contribution >= 4 is 28.2 Å². The quantitative estimate of drug-likeness (QED) is 0.229. The molecule has 0 saturated heterocycles. The number of halogens is 3. The number of ketones is 1.